The first-order valence-corrected chi connectivity index (χ1v) is 8.04. The Morgan fingerprint density at radius 3 is 3.00 bits per heavy atom. The number of aromatic nitrogens is 2. The lowest BCUT2D eigenvalue weighted by Gasteiger charge is -2.09. The summed E-state index contributed by atoms with van der Waals surface area (Å²) in [6.45, 7) is 3.39. The van der Waals surface area contributed by atoms with Crippen molar-refractivity contribution in [3.8, 4) is 10.6 Å². The lowest BCUT2D eigenvalue weighted by molar-refractivity contribution is 0.558. The van der Waals surface area contributed by atoms with Gasteiger partial charge in [-0.1, -0.05) is 13.0 Å². The highest BCUT2D eigenvalue weighted by Crippen LogP contribution is 2.23. The quantitative estimate of drug-likeness (QED) is 0.889. The minimum atomic E-state index is 0.0420. The van der Waals surface area contributed by atoms with Gasteiger partial charge in [-0.2, -0.15) is 5.10 Å². The Hall–Kier alpha value is -1.46. The summed E-state index contributed by atoms with van der Waals surface area (Å²) in [7, 11) is 0. The molecule has 2 aromatic rings. The van der Waals surface area contributed by atoms with Crippen LogP contribution in [0.2, 0.25) is 0 Å². The molecule has 0 atom stereocenters. The fraction of sp³-hybridized carbons (Fsp3) is 0.467. The van der Waals surface area contributed by atoms with E-state index < -0.39 is 0 Å². The van der Waals surface area contributed by atoms with E-state index in [1.165, 1.54) is 12.8 Å². The van der Waals surface area contributed by atoms with Crippen molar-refractivity contribution in [3.05, 3.63) is 39.5 Å². The van der Waals surface area contributed by atoms with Crippen LogP contribution < -0.4 is 10.9 Å². The van der Waals surface area contributed by atoms with E-state index >= 15 is 0 Å². The summed E-state index contributed by atoms with van der Waals surface area (Å²) in [4.78, 5) is 13.5. The van der Waals surface area contributed by atoms with Gasteiger partial charge in [-0.25, -0.2) is 4.68 Å². The number of hydrogen-bond donors (Lipinski definition) is 1. The largest absolute Gasteiger partial charge is 0.310 e. The maximum Gasteiger partial charge on any atom is 0.271 e. The molecule has 106 valence electrons. The molecule has 20 heavy (non-hydrogen) atoms. The van der Waals surface area contributed by atoms with Crippen LogP contribution in [-0.4, -0.2) is 15.8 Å². The summed E-state index contributed by atoms with van der Waals surface area (Å²) in [6, 6.07) is 6.60. The Labute approximate surface area is 122 Å². The van der Waals surface area contributed by atoms with Crippen LogP contribution in [0.15, 0.2) is 28.4 Å². The molecule has 0 aromatic carbocycles. The average molecular weight is 289 g/mol. The van der Waals surface area contributed by atoms with Crippen LogP contribution in [0.5, 0.6) is 0 Å². The molecule has 1 aliphatic rings. The molecule has 1 N–H and O–H groups in total. The summed E-state index contributed by atoms with van der Waals surface area (Å²) in [5.41, 5.74) is 1.77. The molecular weight excluding hydrogens is 270 g/mol. The van der Waals surface area contributed by atoms with Gasteiger partial charge in [0.15, 0.2) is 0 Å². The minimum Gasteiger partial charge on any atom is -0.310 e. The van der Waals surface area contributed by atoms with Gasteiger partial charge in [0.2, 0.25) is 0 Å². The van der Waals surface area contributed by atoms with Crippen molar-refractivity contribution in [1.29, 1.82) is 0 Å². The summed E-state index contributed by atoms with van der Waals surface area (Å²) < 4.78 is 1.61. The summed E-state index contributed by atoms with van der Waals surface area (Å²) in [5, 5.41) is 9.95. The maximum absolute atomic E-state index is 12.4. The predicted octanol–water partition coefficient (Wildman–Crippen LogP) is 2.63. The van der Waals surface area contributed by atoms with Gasteiger partial charge in [-0.3, -0.25) is 4.79 Å². The van der Waals surface area contributed by atoms with E-state index in [0.29, 0.717) is 19.1 Å². The molecule has 0 saturated heterocycles. The first-order chi connectivity index (χ1) is 9.78. The average Bonchev–Trinajstić information content (AvgIpc) is 3.11. The van der Waals surface area contributed by atoms with Gasteiger partial charge in [0.05, 0.1) is 4.88 Å². The second-order valence-electron chi connectivity index (χ2n) is 5.22. The van der Waals surface area contributed by atoms with Crippen LogP contribution in [0.25, 0.3) is 10.6 Å². The molecular formula is C15H19N3OS. The van der Waals surface area contributed by atoms with Crippen molar-refractivity contribution in [1.82, 2.24) is 15.1 Å². The molecule has 5 heteroatoms. The van der Waals surface area contributed by atoms with Crippen molar-refractivity contribution in [2.75, 3.05) is 0 Å². The zero-order valence-electron chi connectivity index (χ0n) is 11.6. The van der Waals surface area contributed by atoms with Gasteiger partial charge in [0.1, 0.15) is 5.69 Å². The van der Waals surface area contributed by atoms with E-state index in [2.05, 4.69) is 17.3 Å². The molecule has 1 aliphatic carbocycles. The first kappa shape index (κ1) is 13.5. The second-order valence-corrected chi connectivity index (χ2v) is 6.16. The second kappa shape index (κ2) is 5.89. The Morgan fingerprint density at radius 2 is 2.35 bits per heavy atom. The van der Waals surface area contributed by atoms with Crippen molar-refractivity contribution >= 4 is 11.3 Å². The Bertz CT molecular complexity index is 629. The molecule has 0 amide bonds. The topological polar surface area (TPSA) is 46.9 Å². The Morgan fingerprint density at radius 1 is 1.50 bits per heavy atom. The molecule has 3 rings (SSSR count). The molecule has 2 heterocycles. The molecule has 0 unspecified atom stereocenters. The number of thiophene rings is 1. The van der Waals surface area contributed by atoms with Crippen molar-refractivity contribution in [3.63, 3.8) is 0 Å². The molecule has 1 saturated carbocycles. The minimum absolute atomic E-state index is 0.0420. The highest BCUT2D eigenvalue weighted by atomic mass is 32.1. The third kappa shape index (κ3) is 2.99. The predicted molar refractivity (Wildman–Crippen MR) is 82.0 cm³/mol. The van der Waals surface area contributed by atoms with Gasteiger partial charge in [0.25, 0.3) is 5.56 Å². The van der Waals surface area contributed by atoms with E-state index in [-0.39, 0.29) is 5.56 Å². The summed E-state index contributed by atoms with van der Waals surface area (Å²) in [6.07, 6.45) is 3.37. The highest BCUT2D eigenvalue weighted by molar-refractivity contribution is 7.13. The van der Waals surface area contributed by atoms with E-state index in [1.807, 2.05) is 23.6 Å². The van der Waals surface area contributed by atoms with Gasteiger partial charge in [0, 0.05) is 24.7 Å². The number of hydrogen-bond acceptors (Lipinski definition) is 4. The Balaban J connectivity index is 1.95. The van der Waals surface area contributed by atoms with E-state index in [9.17, 15) is 4.79 Å². The fourth-order valence-electron chi connectivity index (χ4n) is 2.17. The first-order valence-electron chi connectivity index (χ1n) is 7.16. The molecule has 0 radical (unpaired) electrons. The van der Waals surface area contributed by atoms with Gasteiger partial charge in [-0.15, -0.1) is 11.3 Å². The maximum atomic E-state index is 12.4. The van der Waals surface area contributed by atoms with E-state index in [0.717, 1.165) is 22.6 Å². The molecule has 2 aromatic heterocycles. The number of rotatable bonds is 6. The molecule has 4 nitrogen and oxygen atoms in total. The molecule has 0 aliphatic heterocycles. The van der Waals surface area contributed by atoms with Gasteiger partial charge in [-0.05, 0) is 36.8 Å². The van der Waals surface area contributed by atoms with E-state index in [4.69, 9.17) is 0 Å². The zero-order valence-corrected chi connectivity index (χ0v) is 12.4. The van der Waals surface area contributed by atoms with Crippen molar-refractivity contribution in [2.24, 2.45) is 0 Å². The third-order valence-electron chi connectivity index (χ3n) is 3.42. The van der Waals surface area contributed by atoms with E-state index in [1.54, 1.807) is 16.0 Å². The number of nitrogens with zero attached hydrogens (tertiary/aromatic N) is 2. The van der Waals surface area contributed by atoms with Crippen molar-refractivity contribution in [2.45, 2.75) is 45.3 Å². The number of nitrogens with one attached hydrogen (secondary N) is 1. The van der Waals surface area contributed by atoms with Crippen LogP contribution in [0, 0.1) is 0 Å². The SMILES string of the molecule is CCCn1nc(-c2cccs2)cc(CNC2CC2)c1=O. The smallest absolute Gasteiger partial charge is 0.271 e. The van der Waals surface area contributed by atoms with Crippen LogP contribution in [-0.2, 0) is 13.1 Å². The lowest BCUT2D eigenvalue weighted by Crippen LogP contribution is -2.30. The highest BCUT2D eigenvalue weighted by Gasteiger charge is 2.21. The van der Waals surface area contributed by atoms with Crippen LogP contribution in [0.4, 0.5) is 0 Å². The van der Waals surface area contributed by atoms with Crippen LogP contribution in [0.1, 0.15) is 31.7 Å². The molecule has 0 spiro atoms. The summed E-state index contributed by atoms with van der Waals surface area (Å²) >= 11 is 1.66. The lowest BCUT2D eigenvalue weighted by atomic mass is 10.2. The number of aryl methyl sites for hydroxylation is 1. The van der Waals surface area contributed by atoms with Crippen LogP contribution >= 0.6 is 11.3 Å². The normalized spacial score (nSPS) is 14.7. The van der Waals surface area contributed by atoms with Gasteiger partial charge >= 0.3 is 0 Å². The van der Waals surface area contributed by atoms with Crippen molar-refractivity contribution < 1.29 is 0 Å². The van der Waals surface area contributed by atoms with Crippen LogP contribution in [0.3, 0.4) is 0 Å². The fourth-order valence-corrected chi connectivity index (χ4v) is 2.85. The zero-order chi connectivity index (χ0) is 13.9. The monoisotopic (exact) mass is 289 g/mol. The summed E-state index contributed by atoms with van der Waals surface area (Å²) in [5.74, 6) is 0. The third-order valence-corrected chi connectivity index (χ3v) is 4.31. The molecule has 1 fully saturated rings. The standard InChI is InChI=1S/C15H19N3OS/c1-2-7-18-15(19)11(10-16-12-5-6-12)9-13(17-18)14-4-3-8-20-14/h3-4,8-9,12,16H,2,5-7,10H2,1H3. The Kier molecular flexibility index (Phi) is 3.98. The molecule has 0 bridgehead atoms. The van der Waals surface area contributed by atoms with Gasteiger partial charge < -0.3 is 5.32 Å².